The van der Waals surface area contributed by atoms with Gasteiger partial charge in [0.1, 0.15) is 29.7 Å². The van der Waals surface area contributed by atoms with Gasteiger partial charge >= 0.3 is 12.1 Å². The summed E-state index contributed by atoms with van der Waals surface area (Å²) < 4.78 is 16.2. The number of aromatic amines is 1. The minimum absolute atomic E-state index is 0.0793. The zero-order valence-corrected chi connectivity index (χ0v) is 23.9. The molecule has 212 valence electrons. The number of piperidine rings is 1. The fraction of sp³-hybridized carbons (Fsp3) is 0.462. The van der Waals surface area contributed by atoms with Crippen LogP contribution in [-0.4, -0.2) is 72.2 Å². The Balaban J connectivity index is 1.79. The lowest BCUT2D eigenvalue weighted by atomic mass is 10.1. The third-order valence-electron chi connectivity index (χ3n) is 5.78. The monoisotopic (exact) mass is 582 g/mol. The van der Waals surface area contributed by atoms with Gasteiger partial charge < -0.3 is 34.7 Å². The van der Waals surface area contributed by atoms with Gasteiger partial charge in [-0.3, -0.25) is 14.4 Å². The highest BCUT2D eigenvalue weighted by molar-refractivity contribution is 6.44. The highest BCUT2D eigenvalue weighted by atomic mass is 35.5. The van der Waals surface area contributed by atoms with E-state index in [1.165, 1.54) is 25.3 Å². The maximum absolute atomic E-state index is 13.0. The molecule has 39 heavy (non-hydrogen) atoms. The van der Waals surface area contributed by atoms with Crippen molar-refractivity contribution in [3.63, 3.8) is 0 Å². The largest absolute Gasteiger partial charge is 0.488 e. The second-order valence-electron chi connectivity index (χ2n) is 9.96. The number of likely N-dealkylation sites (tertiary alicyclic amines) is 1. The van der Waals surface area contributed by atoms with Crippen LogP contribution in [0.5, 0.6) is 5.75 Å². The van der Waals surface area contributed by atoms with Gasteiger partial charge in [0.2, 0.25) is 0 Å². The molecule has 0 bridgehead atoms. The van der Waals surface area contributed by atoms with E-state index < -0.39 is 29.5 Å². The first kappa shape index (κ1) is 30.1. The topological polar surface area (TPSA) is 139 Å². The highest BCUT2D eigenvalue weighted by Crippen LogP contribution is 2.33. The van der Waals surface area contributed by atoms with Crippen LogP contribution in [0.4, 0.5) is 10.5 Å². The number of rotatable bonds is 7. The molecule has 0 unspecified atom stereocenters. The summed E-state index contributed by atoms with van der Waals surface area (Å²) in [6.45, 7) is 7.62. The number of nitrogens with zero attached hydrogens (tertiary/aromatic N) is 1. The van der Waals surface area contributed by atoms with Crippen LogP contribution in [0.3, 0.4) is 0 Å². The summed E-state index contributed by atoms with van der Waals surface area (Å²) in [4.78, 5) is 53.9. The molecule has 0 atom stereocenters. The van der Waals surface area contributed by atoms with Crippen LogP contribution in [0.15, 0.2) is 18.2 Å². The van der Waals surface area contributed by atoms with Gasteiger partial charge in [-0.1, -0.05) is 23.2 Å². The quantitative estimate of drug-likeness (QED) is 0.406. The predicted octanol–water partition coefficient (Wildman–Crippen LogP) is 4.56. The summed E-state index contributed by atoms with van der Waals surface area (Å²) >= 11 is 12.3. The van der Waals surface area contributed by atoms with E-state index in [1.54, 1.807) is 32.6 Å². The number of anilines is 1. The summed E-state index contributed by atoms with van der Waals surface area (Å²) in [5, 5.41) is 5.54. The fourth-order valence-electron chi connectivity index (χ4n) is 3.77. The van der Waals surface area contributed by atoms with Gasteiger partial charge in [-0.25, -0.2) is 4.79 Å². The number of H-pyrrole nitrogens is 1. The Kier molecular flexibility index (Phi) is 9.73. The van der Waals surface area contributed by atoms with Crippen molar-refractivity contribution in [3.8, 4) is 5.75 Å². The number of hydrogen-bond acceptors (Lipinski definition) is 7. The van der Waals surface area contributed by atoms with Crippen LogP contribution >= 0.6 is 23.2 Å². The molecule has 3 N–H and O–H groups in total. The van der Waals surface area contributed by atoms with Gasteiger partial charge in [0, 0.05) is 37.2 Å². The smallest absolute Gasteiger partial charge is 0.410 e. The number of nitrogens with one attached hydrogen (secondary N) is 3. The average molecular weight is 583 g/mol. The normalized spacial score (nSPS) is 14.0. The summed E-state index contributed by atoms with van der Waals surface area (Å²) in [6.07, 6.45) is 0.305. The molecule has 0 aliphatic carbocycles. The first-order valence-corrected chi connectivity index (χ1v) is 13.0. The van der Waals surface area contributed by atoms with Crippen LogP contribution < -0.4 is 15.4 Å². The molecule has 0 radical (unpaired) electrons. The van der Waals surface area contributed by atoms with E-state index in [2.05, 4.69) is 20.4 Å². The SMILES string of the molecule is COC(=O)CNC(=O)c1ccc(NC(=O)c2[nH]c(C)c(Cl)c2Cl)c(OC2CCN(C(=O)OC(C)(C)C)CC2)c1. The number of hydrogen-bond donors (Lipinski definition) is 3. The molecule has 0 spiro atoms. The molecule has 0 saturated carbocycles. The Morgan fingerprint density at radius 2 is 1.74 bits per heavy atom. The van der Waals surface area contributed by atoms with E-state index in [9.17, 15) is 19.2 Å². The van der Waals surface area contributed by atoms with Gasteiger partial charge in [0.25, 0.3) is 11.8 Å². The lowest BCUT2D eigenvalue weighted by molar-refractivity contribution is -0.139. The molecule has 3 rings (SSSR count). The predicted molar refractivity (Wildman–Crippen MR) is 146 cm³/mol. The van der Waals surface area contributed by atoms with E-state index in [4.69, 9.17) is 32.7 Å². The van der Waals surface area contributed by atoms with Crippen molar-refractivity contribution in [3.05, 3.63) is 45.2 Å². The number of ether oxygens (including phenoxy) is 3. The lowest BCUT2D eigenvalue weighted by Crippen LogP contribution is -2.44. The Bertz CT molecular complexity index is 1250. The van der Waals surface area contributed by atoms with E-state index in [-0.39, 0.29) is 39.7 Å². The van der Waals surface area contributed by atoms with E-state index in [0.717, 1.165) is 0 Å². The third-order valence-corrected chi connectivity index (χ3v) is 6.73. The van der Waals surface area contributed by atoms with Crippen molar-refractivity contribution < 1.29 is 33.4 Å². The van der Waals surface area contributed by atoms with Gasteiger partial charge in [0.05, 0.1) is 22.8 Å². The van der Waals surface area contributed by atoms with Crippen molar-refractivity contribution in [1.82, 2.24) is 15.2 Å². The summed E-state index contributed by atoms with van der Waals surface area (Å²) in [6, 6.07) is 4.47. The van der Waals surface area contributed by atoms with Gasteiger partial charge in [-0.05, 0) is 45.9 Å². The van der Waals surface area contributed by atoms with Gasteiger partial charge in [-0.2, -0.15) is 0 Å². The third kappa shape index (κ3) is 8.03. The average Bonchev–Trinajstić information content (AvgIpc) is 3.14. The first-order chi connectivity index (χ1) is 18.3. The second kappa shape index (κ2) is 12.6. The number of carbonyl (C=O) groups is 4. The van der Waals surface area contributed by atoms with Crippen molar-refractivity contribution in [2.45, 2.75) is 52.2 Å². The van der Waals surface area contributed by atoms with Crippen molar-refractivity contribution in [2.24, 2.45) is 0 Å². The molecule has 2 aromatic rings. The highest BCUT2D eigenvalue weighted by Gasteiger charge is 2.29. The number of halogens is 2. The number of aryl methyl sites for hydroxylation is 1. The Morgan fingerprint density at radius 1 is 1.08 bits per heavy atom. The molecule has 1 saturated heterocycles. The van der Waals surface area contributed by atoms with Crippen LogP contribution in [0, 0.1) is 6.92 Å². The van der Waals surface area contributed by atoms with Crippen LogP contribution in [-0.2, 0) is 14.3 Å². The molecular formula is C26H32Cl2N4O7. The minimum Gasteiger partial charge on any atom is -0.488 e. The maximum Gasteiger partial charge on any atom is 0.410 e. The second-order valence-corrected chi connectivity index (χ2v) is 10.7. The van der Waals surface area contributed by atoms with Gasteiger partial charge in [-0.15, -0.1) is 0 Å². The summed E-state index contributed by atoms with van der Waals surface area (Å²) in [5.41, 5.74) is 0.513. The van der Waals surface area contributed by atoms with E-state index in [1.807, 2.05) is 0 Å². The standard InChI is InChI=1S/C26H32Cl2N4O7/c1-14-20(27)21(28)22(30-14)24(35)31-17-7-6-15(23(34)29-13-19(33)37-5)12-18(17)38-16-8-10-32(11-9-16)25(36)39-26(2,3)4/h6-7,12,16,30H,8-11,13H2,1-5H3,(H,29,34)(H,31,35). The fourth-order valence-corrected chi connectivity index (χ4v) is 4.18. The van der Waals surface area contributed by atoms with Crippen molar-refractivity contribution >= 4 is 52.8 Å². The van der Waals surface area contributed by atoms with Crippen LogP contribution in [0.1, 0.15) is 60.2 Å². The summed E-state index contributed by atoms with van der Waals surface area (Å²) in [5.74, 6) is -1.45. The maximum atomic E-state index is 13.0. The van der Waals surface area contributed by atoms with Crippen molar-refractivity contribution in [1.29, 1.82) is 0 Å². The Hall–Kier alpha value is -3.44. The zero-order chi connectivity index (χ0) is 28.9. The molecule has 3 amide bonds. The Labute approximate surface area is 236 Å². The van der Waals surface area contributed by atoms with E-state index in [0.29, 0.717) is 37.3 Å². The number of aromatic nitrogens is 1. The van der Waals surface area contributed by atoms with E-state index >= 15 is 0 Å². The molecule has 13 heteroatoms. The molecule has 1 aliphatic rings. The molecular weight excluding hydrogens is 551 g/mol. The van der Waals surface area contributed by atoms with Gasteiger partial charge in [0.15, 0.2) is 0 Å². The molecule has 11 nitrogen and oxygen atoms in total. The summed E-state index contributed by atoms with van der Waals surface area (Å²) in [7, 11) is 1.22. The lowest BCUT2D eigenvalue weighted by Gasteiger charge is -2.33. The molecule has 1 aliphatic heterocycles. The molecule has 1 fully saturated rings. The van der Waals surface area contributed by atoms with Crippen molar-refractivity contribution in [2.75, 3.05) is 32.1 Å². The number of methoxy groups -OCH3 is 1. The number of esters is 1. The van der Waals surface area contributed by atoms with Crippen LogP contribution in [0.25, 0.3) is 0 Å². The molecule has 1 aromatic carbocycles. The number of amides is 3. The number of benzene rings is 1. The molecule has 2 heterocycles. The van der Waals surface area contributed by atoms with Crippen LogP contribution in [0.2, 0.25) is 10.0 Å². The number of carbonyl (C=O) groups excluding carboxylic acids is 4. The Morgan fingerprint density at radius 3 is 2.31 bits per heavy atom. The first-order valence-electron chi connectivity index (χ1n) is 12.3. The zero-order valence-electron chi connectivity index (χ0n) is 22.4. The minimum atomic E-state index is -0.600. The molecule has 1 aromatic heterocycles.